The summed E-state index contributed by atoms with van der Waals surface area (Å²) in [5.41, 5.74) is 0. The van der Waals surface area contributed by atoms with Crippen molar-refractivity contribution in [3.63, 3.8) is 0 Å². The highest BCUT2D eigenvalue weighted by atomic mass is 31.2. The molecular weight excluding hydrogens is 483 g/mol. The number of carbonyl (C=O) groups is 6. The zero-order chi connectivity index (χ0) is 25.7. The number of carbonyl (C=O) groups excluding carboxylic acids is 6. The number of esters is 2. The lowest BCUT2D eigenvalue weighted by atomic mass is 10.2. The monoisotopic (exact) mass is 510 g/mol. The van der Waals surface area contributed by atoms with Gasteiger partial charge in [-0.25, -0.2) is 9.36 Å². The van der Waals surface area contributed by atoms with Crippen LogP contribution in [0.3, 0.4) is 0 Å². The molecule has 0 bridgehead atoms. The highest BCUT2D eigenvalue weighted by molar-refractivity contribution is 7.47. The Morgan fingerprint density at radius 1 is 1.03 bits per heavy atom. The fraction of sp³-hybridized carbons (Fsp3) is 0.667. The molecule has 1 aliphatic rings. The minimum absolute atomic E-state index is 0.0243. The largest absolute Gasteiger partial charge is 0.472 e. The van der Waals surface area contributed by atoms with E-state index in [0.29, 0.717) is 5.06 Å². The van der Waals surface area contributed by atoms with Gasteiger partial charge in [-0.1, -0.05) is 0 Å². The summed E-state index contributed by atoms with van der Waals surface area (Å²) in [7, 11) is -4.56. The normalized spacial score (nSPS) is 15.9. The van der Waals surface area contributed by atoms with Crippen molar-refractivity contribution in [3.8, 4) is 0 Å². The molecule has 0 spiro atoms. The van der Waals surface area contributed by atoms with Crippen molar-refractivity contribution in [2.24, 2.45) is 0 Å². The number of phosphoric ester groups is 1. The number of phosphoric acid groups is 1. The maximum absolute atomic E-state index is 11.9. The van der Waals surface area contributed by atoms with Crippen molar-refractivity contribution in [1.29, 1.82) is 0 Å². The smallest absolute Gasteiger partial charge is 0.462 e. The van der Waals surface area contributed by atoms with Gasteiger partial charge in [0.25, 0.3) is 11.8 Å². The van der Waals surface area contributed by atoms with Gasteiger partial charge in [-0.05, 0) is 6.42 Å². The number of hydrogen-bond acceptors (Lipinski definition) is 12. The van der Waals surface area contributed by atoms with Crippen molar-refractivity contribution in [1.82, 2.24) is 10.4 Å². The Kier molecular flexibility index (Phi) is 12.4. The molecule has 0 aromatic heterocycles. The van der Waals surface area contributed by atoms with Crippen molar-refractivity contribution in [3.05, 3.63) is 0 Å². The Morgan fingerprint density at radius 2 is 1.68 bits per heavy atom. The Balaban J connectivity index is 2.22. The number of rotatable bonds is 15. The van der Waals surface area contributed by atoms with Gasteiger partial charge in [0.1, 0.15) is 6.61 Å². The average Bonchev–Trinajstić information content (AvgIpc) is 3.05. The molecule has 3 amide bonds. The zero-order valence-electron chi connectivity index (χ0n) is 18.7. The number of imide groups is 1. The molecule has 34 heavy (non-hydrogen) atoms. The molecule has 1 saturated heterocycles. The summed E-state index contributed by atoms with van der Waals surface area (Å²) >= 11 is 0. The third-order valence-electron chi connectivity index (χ3n) is 3.89. The minimum Gasteiger partial charge on any atom is -0.462 e. The first-order chi connectivity index (χ1) is 15.9. The Hall–Kier alpha value is -2.87. The van der Waals surface area contributed by atoms with Gasteiger partial charge in [0, 0.05) is 46.1 Å². The SMILES string of the molecule is CC(=O)OCC(COP(=O)(O)OCCNC(=O)CCCC(=O)ON1C(=O)CCC1=O)OC(C)=O. The Bertz CT molecular complexity index is 815. The molecule has 2 atom stereocenters. The lowest BCUT2D eigenvalue weighted by Gasteiger charge is -2.18. The van der Waals surface area contributed by atoms with E-state index in [9.17, 15) is 38.2 Å². The molecule has 0 radical (unpaired) electrons. The second-order valence-corrected chi connectivity index (χ2v) is 8.33. The molecule has 1 heterocycles. The van der Waals surface area contributed by atoms with E-state index in [1.807, 2.05) is 0 Å². The molecule has 0 aromatic carbocycles. The minimum atomic E-state index is -4.56. The topological polar surface area (TPSA) is 201 Å². The predicted molar refractivity (Wildman–Crippen MR) is 108 cm³/mol. The molecule has 0 aromatic rings. The maximum atomic E-state index is 11.9. The van der Waals surface area contributed by atoms with Gasteiger partial charge in [-0.2, -0.15) is 0 Å². The first-order valence-electron chi connectivity index (χ1n) is 10.2. The molecule has 1 aliphatic heterocycles. The second-order valence-electron chi connectivity index (χ2n) is 6.88. The van der Waals surface area contributed by atoms with Crippen LogP contribution in [0.15, 0.2) is 0 Å². The van der Waals surface area contributed by atoms with E-state index >= 15 is 0 Å². The van der Waals surface area contributed by atoms with E-state index in [2.05, 4.69) is 19.4 Å². The summed E-state index contributed by atoms with van der Waals surface area (Å²) in [5.74, 6) is -3.90. The third kappa shape index (κ3) is 12.4. The lowest BCUT2D eigenvalue weighted by molar-refractivity contribution is -0.197. The second kappa shape index (κ2) is 14.4. The maximum Gasteiger partial charge on any atom is 0.472 e. The highest BCUT2D eigenvalue weighted by Crippen LogP contribution is 2.43. The summed E-state index contributed by atoms with van der Waals surface area (Å²) in [6, 6.07) is 0. The van der Waals surface area contributed by atoms with Crippen LogP contribution in [0, 0.1) is 0 Å². The van der Waals surface area contributed by atoms with E-state index in [4.69, 9.17) is 9.26 Å². The van der Waals surface area contributed by atoms with Gasteiger partial charge in [-0.15, -0.1) is 5.06 Å². The highest BCUT2D eigenvalue weighted by Gasteiger charge is 2.32. The summed E-state index contributed by atoms with van der Waals surface area (Å²) in [6.07, 6.45) is -1.41. The van der Waals surface area contributed by atoms with Gasteiger partial charge in [0.2, 0.25) is 5.91 Å². The van der Waals surface area contributed by atoms with Crippen LogP contribution in [0.25, 0.3) is 0 Å². The number of hydroxylamine groups is 2. The zero-order valence-corrected chi connectivity index (χ0v) is 19.6. The molecule has 1 fully saturated rings. The molecular formula is C18H27N2O13P. The molecule has 0 aliphatic carbocycles. The first-order valence-corrected chi connectivity index (χ1v) is 11.6. The molecule has 16 heteroatoms. The number of amides is 3. The van der Waals surface area contributed by atoms with Crippen LogP contribution in [0.1, 0.15) is 46.0 Å². The van der Waals surface area contributed by atoms with Gasteiger partial charge < -0.3 is 24.5 Å². The number of ether oxygens (including phenoxy) is 2. The molecule has 192 valence electrons. The van der Waals surface area contributed by atoms with Crippen LogP contribution in [0.2, 0.25) is 0 Å². The molecule has 0 saturated carbocycles. The van der Waals surface area contributed by atoms with E-state index in [1.165, 1.54) is 0 Å². The quantitative estimate of drug-likeness (QED) is 0.124. The van der Waals surface area contributed by atoms with Crippen LogP contribution in [0.5, 0.6) is 0 Å². The third-order valence-corrected chi connectivity index (χ3v) is 4.88. The Morgan fingerprint density at radius 3 is 2.26 bits per heavy atom. The van der Waals surface area contributed by atoms with Crippen LogP contribution in [-0.2, 0) is 56.7 Å². The van der Waals surface area contributed by atoms with Crippen LogP contribution < -0.4 is 5.32 Å². The van der Waals surface area contributed by atoms with Crippen LogP contribution >= 0.6 is 7.82 Å². The summed E-state index contributed by atoms with van der Waals surface area (Å²) in [6.45, 7) is 0.694. The van der Waals surface area contributed by atoms with Crippen molar-refractivity contribution in [2.75, 3.05) is 26.4 Å². The van der Waals surface area contributed by atoms with E-state index in [-0.39, 0.29) is 45.3 Å². The molecule has 2 unspecified atom stereocenters. The number of nitrogens with zero attached hydrogens (tertiary/aromatic N) is 1. The molecule has 15 nitrogen and oxygen atoms in total. The average molecular weight is 510 g/mol. The van der Waals surface area contributed by atoms with Gasteiger partial charge in [0.15, 0.2) is 6.10 Å². The predicted octanol–water partition coefficient (Wildman–Crippen LogP) is -0.491. The van der Waals surface area contributed by atoms with E-state index < -0.39 is 62.8 Å². The van der Waals surface area contributed by atoms with Gasteiger partial charge >= 0.3 is 25.7 Å². The molecule has 1 rings (SSSR count). The van der Waals surface area contributed by atoms with Crippen LogP contribution in [0.4, 0.5) is 0 Å². The standard InChI is InChI=1S/C18H27N2O13P/c1-12(21)29-10-14(32-13(2)22)11-31-34(27,28)30-9-8-19-15(23)4-3-5-18(26)33-20-16(24)6-7-17(20)25/h14H,3-11H2,1-2H3,(H,19,23)(H,27,28). The van der Waals surface area contributed by atoms with E-state index in [0.717, 1.165) is 13.8 Å². The van der Waals surface area contributed by atoms with Crippen LogP contribution in [-0.4, -0.2) is 78.1 Å². The summed E-state index contributed by atoms with van der Waals surface area (Å²) in [4.78, 5) is 82.3. The molecule has 2 N–H and O–H groups in total. The Labute approximate surface area is 194 Å². The van der Waals surface area contributed by atoms with E-state index in [1.54, 1.807) is 0 Å². The number of nitrogens with one attached hydrogen (secondary N) is 1. The summed E-state index contributed by atoms with van der Waals surface area (Å²) < 4.78 is 30.7. The number of hydrogen-bond donors (Lipinski definition) is 2. The van der Waals surface area contributed by atoms with Crippen molar-refractivity contribution < 1.29 is 61.6 Å². The van der Waals surface area contributed by atoms with Gasteiger partial charge in [0.05, 0.1) is 13.2 Å². The van der Waals surface area contributed by atoms with Crippen molar-refractivity contribution in [2.45, 2.75) is 52.1 Å². The fourth-order valence-corrected chi connectivity index (χ4v) is 3.17. The fourth-order valence-electron chi connectivity index (χ4n) is 2.41. The summed E-state index contributed by atoms with van der Waals surface area (Å²) in [5, 5.41) is 2.81. The van der Waals surface area contributed by atoms with Gasteiger partial charge in [-0.3, -0.25) is 33.0 Å². The lowest BCUT2D eigenvalue weighted by Crippen LogP contribution is -2.32. The van der Waals surface area contributed by atoms with Crippen molar-refractivity contribution >= 4 is 43.5 Å². The first kappa shape index (κ1) is 29.2.